The van der Waals surface area contributed by atoms with Gasteiger partial charge in [0, 0.05) is 25.5 Å². The van der Waals surface area contributed by atoms with Gasteiger partial charge in [0.05, 0.1) is 10.0 Å². The Labute approximate surface area is 133 Å². The highest BCUT2D eigenvalue weighted by atomic mass is 35.5. The molecule has 4 nitrogen and oxygen atoms in total. The van der Waals surface area contributed by atoms with Crippen LogP contribution >= 0.6 is 23.2 Å². The number of hydrogen-bond donors (Lipinski definition) is 2. The minimum atomic E-state index is -0.218. The van der Waals surface area contributed by atoms with Gasteiger partial charge < -0.3 is 10.6 Å². The molecular formula is C15H15Cl2N3O. The van der Waals surface area contributed by atoms with Gasteiger partial charge in [-0.05, 0) is 35.7 Å². The van der Waals surface area contributed by atoms with Crippen LogP contribution in [-0.2, 0) is 13.0 Å². The molecule has 0 bridgehead atoms. The monoisotopic (exact) mass is 323 g/mol. The van der Waals surface area contributed by atoms with Crippen molar-refractivity contribution in [2.45, 2.75) is 13.0 Å². The smallest absolute Gasteiger partial charge is 0.315 e. The van der Waals surface area contributed by atoms with E-state index in [1.165, 1.54) is 0 Å². The number of halogens is 2. The molecule has 6 heteroatoms. The molecular weight excluding hydrogens is 309 g/mol. The Morgan fingerprint density at radius 1 is 1.10 bits per heavy atom. The highest BCUT2D eigenvalue weighted by Gasteiger charge is 2.03. The van der Waals surface area contributed by atoms with Crippen molar-refractivity contribution in [1.82, 2.24) is 15.6 Å². The minimum absolute atomic E-state index is 0.218. The van der Waals surface area contributed by atoms with Crippen molar-refractivity contribution in [2.24, 2.45) is 0 Å². The fourth-order valence-corrected chi connectivity index (χ4v) is 2.08. The van der Waals surface area contributed by atoms with E-state index in [1.807, 2.05) is 18.2 Å². The molecule has 0 aliphatic carbocycles. The summed E-state index contributed by atoms with van der Waals surface area (Å²) in [5, 5.41) is 6.54. The van der Waals surface area contributed by atoms with Gasteiger partial charge in [0.2, 0.25) is 0 Å². The molecule has 0 saturated carbocycles. The van der Waals surface area contributed by atoms with Crippen molar-refractivity contribution in [3.05, 3.63) is 63.9 Å². The van der Waals surface area contributed by atoms with E-state index >= 15 is 0 Å². The second-order valence-electron chi connectivity index (χ2n) is 4.47. The molecule has 1 aromatic heterocycles. The van der Waals surface area contributed by atoms with Crippen LogP contribution < -0.4 is 10.6 Å². The molecule has 21 heavy (non-hydrogen) atoms. The molecule has 2 N–H and O–H groups in total. The summed E-state index contributed by atoms with van der Waals surface area (Å²) in [4.78, 5) is 15.7. The molecule has 0 saturated heterocycles. The van der Waals surface area contributed by atoms with Gasteiger partial charge in [0.1, 0.15) is 0 Å². The molecule has 2 amide bonds. The molecule has 0 aliphatic rings. The van der Waals surface area contributed by atoms with Crippen LogP contribution in [0.25, 0.3) is 0 Å². The van der Waals surface area contributed by atoms with Gasteiger partial charge >= 0.3 is 6.03 Å². The zero-order chi connectivity index (χ0) is 15.1. The molecule has 2 rings (SSSR count). The Morgan fingerprint density at radius 2 is 1.95 bits per heavy atom. The SMILES string of the molecule is O=C(NCCc1cccnc1)NCc1ccc(Cl)c(Cl)c1. The number of rotatable bonds is 5. The summed E-state index contributed by atoms with van der Waals surface area (Å²) in [6, 6.07) is 8.90. The second kappa shape index (κ2) is 7.86. The molecule has 110 valence electrons. The lowest BCUT2D eigenvalue weighted by molar-refractivity contribution is 0.240. The van der Waals surface area contributed by atoms with E-state index in [2.05, 4.69) is 15.6 Å². The first-order chi connectivity index (χ1) is 10.1. The van der Waals surface area contributed by atoms with E-state index in [9.17, 15) is 4.79 Å². The summed E-state index contributed by atoms with van der Waals surface area (Å²) >= 11 is 11.7. The number of benzene rings is 1. The topological polar surface area (TPSA) is 54.0 Å². The predicted octanol–water partition coefficient (Wildman–Crippen LogP) is 3.43. The summed E-state index contributed by atoms with van der Waals surface area (Å²) in [6.07, 6.45) is 4.25. The van der Waals surface area contributed by atoms with Crippen molar-refractivity contribution in [3.63, 3.8) is 0 Å². The van der Waals surface area contributed by atoms with Crippen LogP contribution in [0.4, 0.5) is 4.79 Å². The lowest BCUT2D eigenvalue weighted by atomic mass is 10.2. The molecule has 0 spiro atoms. The normalized spacial score (nSPS) is 10.2. The number of urea groups is 1. The van der Waals surface area contributed by atoms with E-state index < -0.39 is 0 Å². The predicted molar refractivity (Wildman–Crippen MR) is 84.6 cm³/mol. The Morgan fingerprint density at radius 3 is 2.67 bits per heavy atom. The molecule has 2 aromatic rings. The lowest BCUT2D eigenvalue weighted by Crippen LogP contribution is -2.36. The second-order valence-corrected chi connectivity index (χ2v) is 5.28. The van der Waals surface area contributed by atoms with Crippen molar-refractivity contribution in [1.29, 1.82) is 0 Å². The van der Waals surface area contributed by atoms with Gasteiger partial charge in [-0.25, -0.2) is 4.79 Å². The van der Waals surface area contributed by atoms with Crippen molar-refractivity contribution < 1.29 is 4.79 Å². The summed E-state index contributed by atoms with van der Waals surface area (Å²) in [6.45, 7) is 0.953. The zero-order valence-corrected chi connectivity index (χ0v) is 12.8. The molecule has 0 aliphatic heterocycles. The first-order valence-corrected chi connectivity index (χ1v) is 7.25. The van der Waals surface area contributed by atoms with Crippen LogP contribution in [0.15, 0.2) is 42.7 Å². The fourth-order valence-electron chi connectivity index (χ4n) is 1.76. The van der Waals surface area contributed by atoms with E-state index in [0.29, 0.717) is 23.1 Å². The maximum absolute atomic E-state index is 11.7. The number of pyridine rings is 1. The molecule has 0 fully saturated rings. The van der Waals surface area contributed by atoms with Gasteiger partial charge in [-0.1, -0.05) is 35.3 Å². The molecule has 0 radical (unpaired) electrons. The molecule has 0 atom stereocenters. The first-order valence-electron chi connectivity index (χ1n) is 6.49. The van der Waals surface area contributed by atoms with E-state index in [0.717, 1.165) is 17.5 Å². The van der Waals surface area contributed by atoms with Crippen LogP contribution in [0.3, 0.4) is 0 Å². The van der Waals surface area contributed by atoms with Crippen molar-refractivity contribution >= 4 is 29.2 Å². The van der Waals surface area contributed by atoms with Crippen molar-refractivity contribution in [3.8, 4) is 0 Å². The third-order valence-electron chi connectivity index (χ3n) is 2.86. The highest BCUT2D eigenvalue weighted by Crippen LogP contribution is 2.22. The molecule has 1 heterocycles. The highest BCUT2D eigenvalue weighted by molar-refractivity contribution is 6.42. The number of carbonyl (C=O) groups is 1. The minimum Gasteiger partial charge on any atom is -0.338 e. The summed E-state index contributed by atoms with van der Waals surface area (Å²) in [5.41, 5.74) is 1.98. The van der Waals surface area contributed by atoms with Crippen LogP contribution in [0.5, 0.6) is 0 Å². The Kier molecular flexibility index (Phi) is 5.84. The first kappa shape index (κ1) is 15.6. The van der Waals surface area contributed by atoms with E-state index in [-0.39, 0.29) is 6.03 Å². The number of nitrogens with zero attached hydrogens (tertiary/aromatic N) is 1. The standard InChI is InChI=1S/C15H15Cl2N3O/c16-13-4-3-12(8-14(13)17)10-20-15(21)19-7-5-11-2-1-6-18-9-11/h1-4,6,8-9H,5,7,10H2,(H2,19,20,21). The number of carbonyl (C=O) groups excluding carboxylic acids is 1. The number of nitrogens with one attached hydrogen (secondary N) is 2. The fraction of sp³-hybridized carbons (Fsp3) is 0.200. The van der Waals surface area contributed by atoms with Gasteiger partial charge in [-0.2, -0.15) is 0 Å². The molecule has 0 unspecified atom stereocenters. The van der Waals surface area contributed by atoms with E-state index in [4.69, 9.17) is 23.2 Å². The maximum atomic E-state index is 11.7. The average Bonchev–Trinajstić information content (AvgIpc) is 2.49. The Bertz CT molecular complexity index is 605. The van der Waals surface area contributed by atoms with Crippen LogP contribution in [0.1, 0.15) is 11.1 Å². The molecule has 1 aromatic carbocycles. The van der Waals surface area contributed by atoms with Crippen LogP contribution in [0.2, 0.25) is 10.0 Å². The van der Waals surface area contributed by atoms with Crippen LogP contribution in [-0.4, -0.2) is 17.6 Å². The van der Waals surface area contributed by atoms with Gasteiger partial charge in [-0.15, -0.1) is 0 Å². The van der Waals surface area contributed by atoms with Crippen molar-refractivity contribution in [2.75, 3.05) is 6.54 Å². The Hall–Kier alpha value is -1.78. The number of aromatic nitrogens is 1. The quantitative estimate of drug-likeness (QED) is 0.885. The van der Waals surface area contributed by atoms with Gasteiger partial charge in [0.15, 0.2) is 0 Å². The Balaban J connectivity index is 1.71. The summed E-state index contributed by atoms with van der Waals surface area (Å²) in [7, 11) is 0. The zero-order valence-electron chi connectivity index (χ0n) is 11.3. The van der Waals surface area contributed by atoms with Gasteiger partial charge in [-0.3, -0.25) is 4.98 Å². The number of amides is 2. The van der Waals surface area contributed by atoms with Gasteiger partial charge in [0.25, 0.3) is 0 Å². The lowest BCUT2D eigenvalue weighted by Gasteiger charge is -2.08. The third kappa shape index (κ3) is 5.25. The summed E-state index contributed by atoms with van der Waals surface area (Å²) < 4.78 is 0. The third-order valence-corrected chi connectivity index (χ3v) is 3.60. The average molecular weight is 324 g/mol. The maximum Gasteiger partial charge on any atom is 0.315 e. The number of hydrogen-bond acceptors (Lipinski definition) is 2. The van der Waals surface area contributed by atoms with E-state index in [1.54, 1.807) is 24.5 Å². The summed E-state index contributed by atoms with van der Waals surface area (Å²) in [5.74, 6) is 0. The van der Waals surface area contributed by atoms with Crippen LogP contribution in [0, 0.1) is 0 Å². The largest absolute Gasteiger partial charge is 0.338 e.